The molecule has 0 bridgehead atoms. The van der Waals surface area contributed by atoms with Gasteiger partial charge >= 0.3 is 0 Å². The Morgan fingerprint density at radius 1 is 1.32 bits per heavy atom. The van der Waals surface area contributed by atoms with E-state index in [1.54, 1.807) is 7.11 Å². The Hall–Kier alpha value is -1.65. The lowest BCUT2D eigenvalue weighted by Gasteiger charge is -2.30. The Morgan fingerprint density at radius 3 is 3.00 bits per heavy atom. The van der Waals surface area contributed by atoms with Gasteiger partial charge in [-0.05, 0) is 19.2 Å². The molecule has 1 fully saturated rings. The van der Waals surface area contributed by atoms with Gasteiger partial charge in [-0.1, -0.05) is 18.2 Å². The molecule has 1 saturated heterocycles. The van der Waals surface area contributed by atoms with Gasteiger partial charge in [-0.3, -0.25) is 0 Å². The van der Waals surface area contributed by atoms with E-state index in [9.17, 15) is 0 Å². The van der Waals surface area contributed by atoms with Crippen LogP contribution in [0.3, 0.4) is 0 Å². The van der Waals surface area contributed by atoms with Crippen LogP contribution in [0.25, 0.3) is 10.9 Å². The molecule has 1 N–H and O–H groups in total. The molecule has 100 valence electrons. The zero-order valence-electron chi connectivity index (χ0n) is 11.4. The lowest BCUT2D eigenvalue weighted by atomic mass is 10.1. The first-order valence-corrected chi connectivity index (χ1v) is 6.63. The number of methoxy groups -OCH3 is 1. The number of para-hydroxylation sites is 1. The fourth-order valence-corrected chi connectivity index (χ4v) is 2.59. The molecule has 2 aromatic rings. The van der Waals surface area contributed by atoms with Crippen LogP contribution in [0.4, 0.5) is 0 Å². The Balaban J connectivity index is 2.00. The van der Waals surface area contributed by atoms with E-state index in [2.05, 4.69) is 35.5 Å². The predicted octanol–water partition coefficient (Wildman–Crippen LogP) is 1.82. The maximum Gasteiger partial charge on any atom is 0.145 e. The first-order valence-electron chi connectivity index (χ1n) is 6.63. The molecule has 0 aliphatic carbocycles. The standard InChI is InChI=1S/C15H19N3O/c1-18-9-8-16-13(10-18)12-7-6-11-4-3-5-14(19-2)15(11)17-12/h3-7,13,16H,8-10H2,1-2H3. The minimum absolute atomic E-state index is 0.299. The third kappa shape index (κ3) is 2.41. The van der Waals surface area contributed by atoms with Crippen LogP contribution >= 0.6 is 0 Å². The molecule has 0 amide bonds. The van der Waals surface area contributed by atoms with Crippen molar-refractivity contribution < 1.29 is 4.74 Å². The Labute approximate surface area is 113 Å². The van der Waals surface area contributed by atoms with Crippen molar-refractivity contribution in [3.8, 4) is 5.75 Å². The fourth-order valence-electron chi connectivity index (χ4n) is 2.59. The van der Waals surface area contributed by atoms with E-state index < -0.39 is 0 Å². The maximum atomic E-state index is 5.40. The van der Waals surface area contributed by atoms with Crippen LogP contribution < -0.4 is 10.1 Å². The van der Waals surface area contributed by atoms with E-state index in [1.807, 2.05) is 12.1 Å². The third-order valence-electron chi connectivity index (χ3n) is 3.66. The molecular weight excluding hydrogens is 238 g/mol. The maximum absolute atomic E-state index is 5.40. The van der Waals surface area contributed by atoms with Crippen LogP contribution in [-0.4, -0.2) is 43.7 Å². The van der Waals surface area contributed by atoms with Crippen LogP contribution in [0.2, 0.25) is 0 Å². The monoisotopic (exact) mass is 257 g/mol. The van der Waals surface area contributed by atoms with Gasteiger partial charge in [-0.2, -0.15) is 0 Å². The zero-order chi connectivity index (χ0) is 13.2. The average molecular weight is 257 g/mol. The fraction of sp³-hybridized carbons (Fsp3) is 0.400. The van der Waals surface area contributed by atoms with Crippen molar-refractivity contribution >= 4 is 10.9 Å². The number of piperazine rings is 1. The van der Waals surface area contributed by atoms with Gasteiger partial charge in [0.2, 0.25) is 0 Å². The van der Waals surface area contributed by atoms with E-state index in [4.69, 9.17) is 9.72 Å². The SMILES string of the molecule is COc1cccc2ccc(C3CN(C)CCN3)nc12. The molecule has 19 heavy (non-hydrogen) atoms. The van der Waals surface area contributed by atoms with Crippen molar-refractivity contribution in [2.45, 2.75) is 6.04 Å². The molecule has 4 heteroatoms. The van der Waals surface area contributed by atoms with Crippen molar-refractivity contribution in [2.24, 2.45) is 0 Å². The lowest BCUT2D eigenvalue weighted by Crippen LogP contribution is -2.43. The number of nitrogens with zero attached hydrogens (tertiary/aromatic N) is 2. The summed E-state index contributed by atoms with van der Waals surface area (Å²) in [5.41, 5.74) is 2.03. The number of hydrogen-bond donors (Lipinski definition) is 1. The normalized spacial score (nSPS) is 20.6. The van der Waals surface area contributed by atoms with Gasteiger partial charge in [0.05, 0.1) is 18.8 Å². The Morgan fingerprint density at radius 2 is 2.21 bits per heavy atom. The second-order valence-electron chi connectivity index (χ2n) is 5.04. The lowest BCUT2D eigenvalue weighted by molar-refractivity contribution is 0.238. The minimum atomic E-state index is 0.299. The van der Waals surface area contributed by atoms with Crippen molar-refractivity contribution in [2.75, 3.05) is 33.8 Å². The number of fused-ring (bicyclic) bond motifs is 1. The molecule has 3 rings (SSSR count). The summed E-state index contributed by atoms with van der Waals surface area (Å²) in [6, 6.07) is 10.5. The van der Waals surface area contributed by atoms with Crippen LogP contribution in [-0.2, 0) is 0 Å². The number of aromatic nitrogens is 1. The van der Waals surface area contributed by atoms with Crippen molar-refractivity contribution in [1.29, 1.82) is 0 Å². The summed E-state index contributed by atoms with van der Waals surface area (Å²) in [4.78, 5) is 7.12. The van der Waals surface area contributed by atoms with E-state index in [1.165, 1.54) is 0 Å². The van der Waals surface area contributed by atoms with Gasteiger partial charge in [0.25, 0.3) is 0 Å². The summed E-state index contributed by atoms with van der Waals surface area (Å²) >= 11 is 0. The number of pyridine rings is 1. The Bertz CT molecular complexity index is 585. The number of hydrogen-bond acceptors (Lipinski definition) is 4. The summed E-state index contributed by atoms with van der Waals surface area (Å²) in [7, 11) is 3.84. The van der Waals surface area contributed by atoms with Crippen molar-refractivity contribution in [1.82, 2.24) is 15.2 Å². The molecule has 0 saturated carbocycles. The van der Waals surface area contributed by atoms with Crippen LogP contribution in [0.5, 0.6) is 5.75 Å². The molecule has 0 radical (unpaired) electrons. The number of ether oxygens (including phenoxy) is 1. The van der Waals surface area contributed by atoms with Crippen molar-refractivity contribution in [3.63, 3.8) is 0 Å². The molecule has 1 aromatic heterocycles. The molecule has 1 aliphatic rings. The number of rotatable bonds is 2. The Kier molecular flexibility index (Phi) is 3.36. The molecule has 0 spiro atoms. The van der Waals surface area contributed by atoms with Crippen molar-refractivity contribution in [3.05, 3.63) is 36.0 Å². The molecule has 1 aromatic carbocycles. The molecule has 1 atom stereocenters. The van der Waals surface area contributed by atoms with Gasteiger partial charge in [-0.25, -0.2) is 4.98 Å². The molecule has 2 heterocycles. The van der Waals surface area contributed by atoms with E-state index in [0.29, 0.717) is 6.04 Å². The van der Waals surface area contributed by atoms with Gasteiger partial charge < -0.3 is 15.0 Å². The van der Waals surface area contributed by atoms with Crippen LogP contribution in [0.1, 0.15) is 11.7 Å². The summed E-state index contributed by atoms with van der Waals surface area (Å²) in [6.07, 6.45) is 0. The number of nitrogens with one attached hydrogen (secondary N) is 1. The first kappa shape index (κ1) is 12.4. The third-order valence-corrected chi connectivity index (χ3v) is 3.66. The second-order valence-corrected chi connectivity index (χ2v) is 5.04. The highest BCUT2D eigenvalue weighted by Gasteiger charge is 2.19. The molecule has 1 unspecified atom stereocenters. The second kappa shape index (κ2) is 5.15. The summed E-state index contributed by atoms with van der Waals surface area (Å²) in [5.74, 6) is 0.837. The van der Waals surface area contributed by atoms with Crippen LogP contribution in [0.15, 0.2) is 30.3 Å². The first-order chi connectivity index (χ1) is 9.28. The summed E-state index contributed by atoms with van der Waals surface area (Å²) in [6.45, 7) is 3.09. The van der Waals surface area contributed by atoms with Crippen LogP contribution in [0, 0.1) is 0 Å². The topological polar surface area (TPSA) is 37.4 Å². The highest BCUT2D eigenvalue weighted by molar-refractivity contribution is 5.84. The highest BCUT2D eigenvalue weighted by Crippen LogP contribution is 2.25. The van der Waals surface area contributed by atoms with Gasteiger partial charge in [0.1, 0.15) is 11.3 Å². The average Bonchev–Trinajstić information content (AvgIpc) is 2.46. The molecule has 4 nitrogen and oxygen atoms in total. The largest absolute Gasteiger partial charge is 0.494 e. The summed E-state index contributed by atoms with van der Waals surface area (Å²) in [5, 5.41) is 4.64. The van der Waals surface area contributed by atoms with E-state index >= 15 is 0 Å². The van der Waals surface area contributed by atoms with Gasteiger partial charge in [0.15, 0.2) is 0 Å². The van der Waals surface area contributed by atoms with E-state index in [0.717, 1.165) is 42.0 Å². The quantitative estimate of drug-likeness (QED) is 0.890. The summed E-state index contributed by atoms with van der Waals surface area (Å²) < 4.78 is 5.40. The van der Waals surface area contributed by atoms with E-state index in [-0.39, 0.29) is 0 Å². The smallest absolute Gasteiger partial charge is 0.145 e. The minimum Gasteiger partial charge on any atom is -0.494 e. The molecular formula is C15H19N3O. The number of benzene rings is 1. The number of likely N-dealkylation sites (N-methyl/N-ethyl adjacent to an activating group) is 1. The predicted molar refractivity (Wildman–Crippen MR) is 76.5 cm³/mol. The van der Waals surface area contributed by atoms with Gasteiger partial charge in [0, 0.05) is 25.0 Å². The zero-order valence-corrected chi connectivity index (χ0v) is 11.4. The van der Waals surface area contributed by atoms with Gasteiger partial charge in [-0.15, -0.1) is 0 Å². The molecule has 1 aliphatic heterocycles. The highest BCUT2D eigenvalue weighted by atomic mass is 16.5.